The number of carbonyl (C=O) groups excluding carboxylic acids is 2. The maximum atomic E-state index is 11.9. The molecule has 0 aliphatic rings. The van der Waals surface area contributed by atoms with Gasteiger partial charge in [-0.15, -0.1) is 0 Å². The van der Waals surface area contributed by atoms with E-state index in [9.17, 15) is 9.59 Å². The summed E-state index contributed by atoms with van der Waals surface area (Å²) in [7, 11) is 3.86. The second-order valence-corrected chi connectivity index (χ2v) is 5.62. The van der Waals surface area contributed by atoms with E-state index in [4.69, 9.17) is 0 Å². The summed E-state index contributed by atoms with van der Waals surface area (Å²) in [5.41, 5.74) is 1.84. The first kappa shape index (κ1) is 17.2. The lowest BCUT2D eigenvalue weighted by molar-refractivity contribution is -0.126. The SMILES string of the molecule is CC(C)c1ccccc1NC(=O)CC(=O)NCCN(C)C. The van der Waals surface area contributed by atoms with Crippen molar-refractivity contribution in [2.75, 3.05) is 32.5 Å². The van der Waals surface area contributed by atoms with E-state index in [0.29, 0.717) is 12.5 Å². The molecule has 0 aliphatic carbocycles. The second kappa shape index (κ2) is 8.42. The molecular formula is C16H25N3O2. The third-order valence-electron chi connectivity index (χ3n) is 3.06. The van der Waals surface area contributed by atoms with Crippen LogP contribution in [0.1, 0.15) is 31.7 Å². The molecule has 2 N–H and O–H groups in total. The average Bonchev–Trinajstić information content (AvgIpc) is 2.38. The molecule has 116 valence electrons. The van der Waals surface area contributed by atoms with Gasteiger partial charge in [-0.1, -0.05) is 32.0 Å². The predicted octanol–water partition coefficient (Wildman–Crippen LogP) is 1.82. The van der Waals surface area contributed by atoms with Crippen molar-refractivity contribution in [2.24, 2.45) is 0 Å². The van der Waals surface area contributed by atoms with Crippen molar-refractivity contribution < 1.29 is 9.59 Å². The molecule has 0 spiro atoms. The number of benzene rings is 1. The minimum absolute atomic E-state index is 0.153. The highest BCUT2D eigenvalue weighted by molar-refractivity contribution is 6.03. The van der Waals surface area contributed by atoms with E-state index in [1.54, 1.807) is 0 Å². The Bertz CT molecular complexity index is 484. The Morgan fingerprint density at radius 3 is 2.43 bits per heavy atom. The zero-order valence-corrected chi connectivity index (χ0v) is 13.3. The fraction of sp³-hybridized carbons (Fsp3) is 0.500. The second-order valence-electron chi connectivity index (χ2n) is 5.62. The fourth-order valence-corrected chi connectivity index (χ4v) is 1.94. The molecule has 5 heteroatoms. The lowest BCUT2D eigenvalue weighted by Crippen LogP contribution is -2.33. The van der Waals surface area contributed by atoms with Gasteiger partial charge in [-0.05, 0) is 31.6 Å². The number of rotatable bonds is 7. The Morgan fingerprint density at radius 1 is 1.14 bits per heavy atom. The molecule has 2 amide bonds. The molecule has 1 aromatic rings. The minimum Gasteiger partial charge on any atom is -0.354 e. The molecule has 0 unspecified atom stereocenters. The van der Waals surface area contributed by atoms with E-state index in [1.165, 1.54) is 0 Å². The van der Waals surface area contributed by atoms with Crippen LogP contribution in [0.25, 0.3) is 0 Å². The van der Waals surface area contributed by atoms with Crippen LogP contribution in [0.2, 0.25) is 0 Å². The molecule has 1 aromatic carbocycles. The van der Waals surface area contributed by atoms with Gasteiger partial charge in [0.2, 0.25) is 11.8 Å². The largest absolute Gasteiger partial charge is 0.354 e. The first-order valence-electron chi connectivity index (χ1n) is 7.20. The van der Waals surface area contributed by atoms with Crippen LogP contribution in [0.4, 0.5) is 5.69 Å². The number of anilines is 1. The zero-order valence-electron chi connectivity index (χ0n) is 13.3. The van der Waals surface area contributed by atoms with E-state index in [2.05, 4.69) is 24.5 Å². The first-order chi connectivity index (χ1) is 9.90. The molecule has 0 fully saturated rings. The van der Waals surface area contributed by atoms with Gasteiger partial charge in [0.15, 0.2) is 0 Å². The van der Waals surface area contributed by atoms with Crippen LogP contribution in [-0.2, 0) is 9.59 Å². The van der Waals surface area contributed by atoms with Gasteiger partial charge < -0.3 is 15.5 Å². The van der Waals surface area contributed by atoms with Gasteiger partial charge >= 0.3 is 0 Å². The standard InChI is InChI=1S/C16H25N3O2/c1-12(2)13-7-5-6-8-14(13)18-16(21)11-15(20)17-9-10-19(3)4/h5-8,12H,9-11H2,1-4H3,(H,17,20)(H,18,21). The van der Waals surface area contributed by atoms with Gasteiger partial charge in [-0.2, -0.15) is 0 Å². The Kier molecular flexibility index (Phi) is 6.88. The maximum absolute atomic E-state index is 11.9. The highest BCUT2D eigenvalue weighted by atomic mass is 16.2. The van der Waals surface area contributed by atoms with Crippen LogP contribution in [0, 0.1) is 0 Å². The summed E-state index contributed by atoms with van der Waals surface area (Å²) in [6, 6.07) is 7.66. The number of nitrogens with one attached hydrogen (secondary N) is 2. The van der Waals surface area contributed by atoms with Crippen molar-refractivity contribution in [2.45, 2.75) is 26.2 Å². The molecule has 0 aromatic heterocycles. The van der Waals surface area contributed by atoms with Crippen LogP contribution in [0.5, 0.6) is 0 Å². The van der Waals surface area contributed by atoms with E-state index in [0.717, 1.165) is 17.8 Å². The van der Waals surface area contributed by atoms with Gasteiger partial charge in [0, 0.05) is 18.8 Å². The van der Waals surface area contributed by atoms with Crippen LogP contribution in [-0.4, -0.2) is 43.9 Å². The molecule has 0 bridgehead atoms. The summed E-state index contributed by atoms with van der Waals surface area (Å²) in [6.45, 7) is 5.43. The van der Waals surface area contributed by atoms with Crippen LogP contribution < -0.4 is 10.6 Å². The average molecular weight is 291 g/mol. The van der Waals surface area contributed by atoms with Crippen LogP contribution in [0.15, 0.2) is 24.3 Å². The molecule has 5 nitrogen and oxygen atoms in total. The molecule has 0 atom stereocenters. The third kappa shape index (κ3) is 6.40. The van der Waals surface area contributed by atoms with E-state index >= 15 is 0 Å². The Labute approximate surface area is 126 Å². The van der Waals surface area contributed by atoms with Gasteiger partial charge in [-0.25, -0.2) is 0 Å². The molecule has 0 saturated heterocycles. The molecular weight excluding hydrogens is 266 g/mol. The summed E-state index contributed by atoms with van der Waals surface area (Å²) in [4.78, 5) is 25.5. The predicted molar refractivity (Wildman–Crippen MR) is 85.3 cm³/mol. The number of para-hydroxylation sites is 1. The van der Waals surface area contributed by atoms with Crippen molar-refractivity contribution in [1.82, 2.24) is 10.2 Å². The van der Waals surface area contributed by atoms with Crippen molar-refractivity contribution in [1.29, 1.82) is 0 Å². The Balaban J connectivity index is 2.49. The number of amides is 2. The molecule has 0 saturated carbocycles. The molecule has 1 rings (SSSR count). The smallest absolute Gasteiger partial charge is 0.233 e. The van der Waals surface area contributed by atoms with Crippen LogP contribution in [0.3, 0.4) is 0 Å². The maximum Gasteiger partial charge on any atom is 0.233 e. The van der Waals surface area contributed by atoms with E-state index < -0.39 is 0 Å². The van der Waals surface area contributed by atoms with Crippen molar-refractivity contribution in [3.8, 4) is 0 Å². The van der Waals surface area contributed by atoms with Crippen molar-refractivity contribution >= 4 is 17.5 Å². The summed E-state index contributed by atoms with van der Waals surface area (Å²) in [5.74, 6) is -0.225. The van der Waals surface area contributed by atoms with Gasteiger partial charge in [0.05, 0.1) is 0 Å². The molecule has 0 heterocycles. The van der Waals surface area contributed by atoms with E-state index in [1.807, 2.05) is 43.3 Å². The quantitative estimate of drug-likeness (QED) is 0.753. The number of nitrogens with zero attached hydrogens (tertiary/aromatic N) is 1. The highest BCUT2D eigenvalue weighted by Crippen LogP contribution is 2.23. The lowest BCUT2D eigenvalue weighted by Gasteiger charge is -2.14. The number of hydrogen-bond acceptors (Lipinski definition) is 3. The number of carbonyl (C=O) groups is 2. The van der Waals surface area contributed by atoms with Crippen molar-refractivity contribution in [3.05, 3.63) is 29.8 Å². The topological polar surface area (TPSA) is 61.4 Å². The van der Waals surface area contributed by atoms with E-state index in [-0.39, 0.29) is 18.2 Å². The summed E-state index contributed by atoms with van der Waals surface area (Å²) in [5, 5.41) is 5.54. The number of likely N-dealkylation sites (N-methyl/N-ethyl adjacent to an activating group) is 1. The summed E-state index contributed by atoms with van der Waals surface area (Å²) < 4.78 is 0. The van der Waals surface area contributed by atoms with Gasteiger partial charge in [0.25, 0.3) is 0 Å². The molecule has 21 heavy (non-hydrogen) atoms. The minimum atomic E-state index is -0.287. The van der Waals surface area contributed by atoms with Crippen LogP contribution >= 0.6 is 0 Å². The molecule has 0 aliphatic heterocycles. The Morgan fingerprint density at radius 2 is 1.81 bits per heavy atom. The zero-order chi connectivity index (χ0) is 15.8. The summed E-state index contributed by atoms with van der Waals surface area (Å²) >= 11 is 0. The Hall–Kier alpha value is -1.88. The first-order valence-corrected chi connectivity index (χ1v) is 7.20. The fourth-order valence-electron chi connectivity index (χ4n) is 1.94. The summed E-state index contributed by atoms with van der Waals surface area (Å²) in [6.07, 6.45) is -0.153. The van der Waals surface area contributed by atoms with Gasteiger partial charge in [-0.3, -0.25) is 9.59 Å². The number of hydrogen-bond donors (Lipinski definition) is 2. The lowest BCUT2D eigenvalue weighted by atomic mass is 10.0. The molecule has 0 radical (unpaired) electrons. The van der Waals surface area contributed by atoms with Gasteiger partial charge in [0.1, 0.15) is 6.42 Å². The normalized spacial score (nSPS) is 10.8. The third-order valence-corrected chi connectivity index (χ3v) is 3.06. The highest BCUT2D eigenvalue weighted by Gasteiger charge is 2.12. The van der Waals surface area contributed by atoms with Crippen molar-refractivity contribution in [3.63, 3.8) is 0 Å². The monoisotopic (exact) mass is 291 g/mol.